The Hall–Kier alpha value is -2.05. The second-order valence-electron chi connectivity index (χ2n) is 8.07. The molecule has 7 heteroatoms. The van der Waals surface area contributed by atoms with Gasteiger partial charge in [-0.25, -0.2) is 4.79 Å². The fraction of sp³-hybridized carbons (Fsp3) is 0.545. The Kier molecular flexibility index (Phi) is 5.58. The van der Waals surface area contributed by atoms with Crippen molar-refractivity contribution < 1.29 is 14.3 Å². The summed E-state index contributed by atoms with van der Waals surface area (Å²) in [6, 6.07) is 7.78. The number of benzene rings is 1. The lowest BCUT2D eigenvalue weighted by molar-refractivity contribution is -0.151. The van der Waals surface area contributed by atoms with Crippen molar-refractivity contribution in [2.45, 2.75) is 32.3 Å². The number of piperidine rings is 1. The van der Waals surface area contributed by atoms with Gasteiger partial charge in [0.05, 0.1) is 5.57 Å². The summed E-state index contributed by atoms with van der Waals surface area (Å²) in [7, 11) is 0. The van der Waals surface area contributed by atoms with Gasteiger partial charge in [-0.15, -0.1) is 0 Å². The second-order valence-corrected chi connectivity index (χ2v) is 8.51. The predicted octanol–water partition coefficient (Wildman–Crippen LogP) is 2.72. The zero-order valence-electron chi connectivity index (χ0n) is 17.1. The fourth-order valence-electron chi connectivity index (χ4n) is 4.66. The van der Waals surface area contributed by atoms with Crippen molar-refractivity contribution in [3.8, 4) is 0 Å². The molecule has 2 saturated heterocycles. The number of hydrogen-bond acceptors (Lipinski definition) is 5. The summed E-state index contributed by atoms with van der Waals surface area (Å²) in [5, 5.41) is 0.718. The van der Waals surface area contributed by atoms with Crippen LogP contribution in [0.1, 0.15) is 26.7 Å². The van der Waals surface area contributed by atoms with Crippen molar-refractivity contribution in [2.24, 2.45) is 0 Å². The molecule has 0 atom stereocenters. The van der Waals surface area contributed by atoms with E-state index in [1.807, 2.05) is 29.2 Å². The average molecular weight is 418 g/mol. The molecule has 2 fully saturated rings. The van der Waals surface area contributed by atoms with Gasteiger partial charge in [-0.05, 0) is 37.7 Å². The normalized spacial score (nSPS) is 22.4. The van der Waals surface area contributed by atoms with Crippen LogP contribution in [0.4, 0.5) is 5.69 Å². The summed E-state index contributed by atoms with van der Waals surface area (Å²) in [6.07, 6.45) is 1.38. The van der Waals surface area contributed by atoms with E-state index in [9.17, 15) is 9.59 Å². The molecular weight excluding hydrogens is 390 g/mol. The molecule has 1 aromatic rings. The number of carbonyl (C=O) groups is 2. The zero-order chi connectivity index (χ0) is 20.6. The molecule has 1 amide bonds. The molecule has 6 nitrogen and oxygen atoms in total. The van der Waals surface area contributed by atoms with Crippen molar-refractivity contribution in [3.63, 3.8) is 0 Å². The van der Waals surface area contributed by atoms with E-state index < -0.39 is 5.60 Å². The first-order valence-electron chi connectivity index (χ1n) is 10.4. The molecule has 3 heterocycles. The summed E-state index contributed by atoms with van der Waals surface area (Å²) in [5.41, 5.74) is 1.45. The van der Waals surface area contributed by atoms with Gasteiger partial charge in [-0.1, -0.05) is 18.5 Å². The maximum absolute atomic E-state index is 13.5. The van der Waals surface area contributed by atoms with E-state index in [-0.39, 0.29) is 11.9 Å². The Balaban J connectivity index is 1.47. The molecule has 0 N–H and O–H groups in total. The van der Waals surface area contributed by atoms with Gasteiger partial charge >= 0.3 is 5.97 Å². The van der Waals surface area contributed by atoms with E-state index in [1.165, 1.54) is 0 Å². The Bertz CT molecular complexity index is 820. The number of halogens is 1. The van der Waals surface area contributed by atoms with Gasteiger partial charge in [0.25, 0.3) is 5.91 Å². The molecule has 0 radical (unpaired) electrons. The molecule has 29 heavy (non-hydrogen) atoms. The summed E-state index contributed by atoms with van der Waals surface area (Å²) >= 11 is 5.98. The van der Waals surface area contributed by atoms with Crippen LogP contribution in [-0.4, -0.2) is 73.1 Å². The zero-order valence-corrected chi connectivity index (χ0v) is 17.9. The van der Waals surface area contributed by atoms with Gasteiger partial charge in [0.1, 0.15) is 5.60 Å². The lowest BCUT2D eigenvalue weighted by atomic mass is 9.82. The monoisotopic (exact) mass is 417 g/mol. The maximum Gasteiger partial charge on any atom is 0.335 e. The molecule has 1 aromatic carbocycles. The van der Waals surface area contributed by atoms with Crippen LogP contribution < -0.4 is 4.90 Å². The first-order valence-corrected chi connectivity index (χ1v) is 10.8. The minimum atomic E-state index is -0.739. The van der Waals surface area contributed by atoms with Gasteiger partial charge < -0.3 is 19.4 Å². The third kappa shape index (κ3) is 3.76. The Morgan fingerprint density at radius 1 is 1.07 bits per heavy atom. The molecule has 4 rings (SSSR count). The number of hydrogen-bond donors (Lipinski definition) is 0. The number of anilines is 1. The van der Waals surface area contributed by atoms with E-state index in [0.29, 0.717) is 37.1 Å². The number of nitrogens with zero attached hydrogens (tertiary/aromatic N) is 3. The van der Waals surface area contributed by atoms with Crippen molar-refractivity contribution in [2.75, 3.05) is 50.7 Å². The van der Waals surface area contributed by atoms with Crippen molar-refractivity contribution in [3.05, 3.63) is 40.4 Å². The second kappa shape index (κ2) is 8.00. The van der Waals surface area contributed by atoms with Crippen LogP contribution in [-0.2, 0) is 14.3 Å². The number of rotatable bonds is 3. The number of carbonyl (C=O) groups excluding carboxylic acids is 2. The molecule has 3 aliphatic heterocycles. The van der Waals surface area contributed by atoms with Crippen molar-refractivity contribution in [1.82, 2.24) is 9.80 Å². The third-order valence-corrected chi connectivity index (χ3v) is 6.76. The van der Waals surface area contributed by atoms with Crippen LogP contribution >= 0.6 is 11.6 Å². The average Bonchev–Trinajstić information content (AvgIpc) is 2.98. The van der Waals surface area contributed by atoms with Gasteiger partial charge in [-0.3, -0.25) is 4.79 Å². The van der Waals surface area contributed by atoms with Crippen LogP contribution in [0.3, 0.4) is 0 Å². The Labute approximate surface area is 177 Å². The summed E-state index contributed by atoms with van der Waals surface area (Å²) in [4.78, 5) is 32.3. The molecule has 156 valence electrons. The highest BCUT2D eigenvalue weighted by atomic mass is 35.5. The van der Waals surface area contributed by atoms with E-state index in [1.54, 1.807) is 6.92 Å². The number of ether oxygens (including phenoxy) is 1. The van der Waals surface area contributed by atoms with E-state index in [2.05, 4.69) is 16.7 Å². The van der Waals surface area contributed by atoms with Gasteiger partial charge in [0.2, 0.25) is 0 Å². The Morgan fingerprint density at radius 3 is 2.28 bits per heavy atom. The maximum atomic E-state index is 13.5. The van der Waals surface area contributed by atoms with E-state index in [4.69, 9.17) is 16.3 Å². The number of likely N-dealkylation sites (tertiary alicyclic amines) is 1. The standard InChI is InChI=1S/C22H28ClN3O3/c1-3-24-10-8-22(9-11-24)19(16(2)21(28)29-22)20(27)26-14-12-25(13-15-26)18-6-4-17(23)5-7-18/h4-7H,3,8-15H2,1-2H3. The third-order valence-electron chi connectivity index (χ3n) is 6.51. The first-order chi connectivity index (χ1) is 13.9. The van der Waals surface area contributed by atoms with Crippen LogP contribution in [0.5, 0.6) is 0 Å². The van der Waals surface area contributed by atoms with E-state index >= 15 is 0 Å². The lowest BCUT2D eigenvalue weighted by Crippen LogP contribution is -2.53. The summed E-state index contributed by atoms with van der Waals surface area (Å²) in [6.45, 7) is 9.30. The quantitative estimate of drug-likeness (QED) is 0.708. The lowest BCUT2D eigenvalue weighted by Gasteiger charge is -2.41. The molecule has 0 aliphatic carbocycles. The van der Waals surface area contributed by atoms with Crippen molar-refractivity contribution in [1.29, 1.82) is 0 Å². The van der Waals surface area contributed by atoms with Gasteiger partial charge in [0.15, 0.2) is 0 Å². The van der Waals surface area contributed by atoms with Crippen LogP contribution in [0.15, 0.2) is 35.4 Å². The molecule has 3 aliphatic rings. The number of esters is 1. The highest BCUT2D eigenvalue weighted by Gasteiger charge is 2.51. The smallest absolute Gasteiger partial charge is 0.335 e. The minimum Gasteiger partial charge on any atom is -0.450 e. The molecule has 1 spiro atoms. The molecule has 0 saturated carbocycles. The number of piperazine rings is 1. The summed E-state index contributed by atoms with van der Waals surface area (Å²) < 4.78 is 5.81. The van der Waals surface area contributed by atoms with Gasteiger partial charge in [-0.2, -0.15) is 0 Å². The molecule has 0 unspecified atom stereocenters. The van der Waals surface area contributed by atoms with Crippen LogP contribution in [0.2, 0.25) is 5.02 Å². The minimum absolute atomic E-state index is 0.0333. The first kappa shape index (κ1) is 20.2. The van der Waals surface area contributed by atoms with Gasteiger partial charge in [0, 0.05) is 68.4 Å². The summed E-state index contributed by atoms with van der Waals surface area (Å²) in [5.74, 6) is -0.368. The highest BCUT2D eigenvalue weighted by molar-refractivity contribution is 6.30. The molecular formula is C22H28ClN3O3. The largest absolute Gasteiger partial charge is 0.450 e. The topological polar surface area (TPSA) is 53.1 Å². The highest BCUT2D eigenvalue weighted by Crippen LogP contribution is 2.42. The molecule has 0 aromatic heterocycles. The fourth-order valence-corrected chi connectivity index (χ4v) is 4.79. The SMILES string of the molecule is CCN1CCC2(CC1)OC(=O)C(C)=C2C(=O)N1CCN(c2ccc(Cl)cc2)CC1. The Morgan fingerprint density at radius 2 is 1.69 bits per heavy atom. The molecule has 0 bridgehead atoms. The van der Waals surface area contributed by atoms with Crippen LogP contribution in [0, 0.1) is 0 Å². The predicted molar refractivity (Wildman–Crippen MR) is 113 cm³/mol. The van der Waals surface area contributed by atoms with Crippen molar-refractivity contribution >= 4 is 29.2 Å². The van der Waals surface area contributed by atoms with E-state index in [0.717, 1.165) is 43.4 Å². The number of amides is 1. The van der Waals surface area contributed by atoms with Crippen LogP contribution in [0.25, 0.3) is 0 Å².